The zero-order chi connectivity index (χ0) is 37.7. The highest BCUT2D eigenvalue weighted by Crippen LogP contribution is 2.42. The molecule has 0 unspecified atom stereocenters. The highest BCUT2D eigenvalue weighted by molar-refractivity contribution is 6.25. The van der Waals surface area contributed by atoms with Crippen molar-refractivity contribution in [2.24, 2.45) is 0 Å². The molecule has 3 aromatic heterocycles. The summed E-state index contributed by atoms with van der Waals surface area (Å²) in [4.78, 5) is 18.2. The van der Waals surface area contributed by atoms with Gasteiger partial charge in [0.2, 0.25) is 0 Å². The molecule has 0 amide bonds. The number of nitrogens with zero attached hydrogens (tertiary/aromatic N) is 4. The smallest absolute Gasteiger partial charge is 0.0972 e. The predicted octanol–water partition coefficient (Wildman–Crippen LogP) is 14.1. The van der Waals surface area contributed by atoms with Gasteiger partial charge in [0.05, 0.1) is 33.6 Å². The lowest BCUT2D eigenvalue weighted by molar-refractivity contribution is 1.28. The van der Waals surface area contributed by atoms with E-state index >= 15 is 0 Å². The van der Waals surface area contributed by atoms with Gasteiger partial charge in [-0.2, -0.15) is 0 Å². The summed E-state index contributed by atoms with van der Waals surface area (Å²) in [6.07, 6.45) is 0. The summed E-state index contributed by atoms with van der Waals surface area (Å²) in [7, 11) is 0. The minimum atomic E-state index is 0.896. The first-order valence-corrected chi connectivity index (χ1v) is 19.3. The maximum Gasteiger partial charge on any atom is 0.0972 e. The molecular formula is C53H34N4. The van der Waals surface area contributed by atoms with Gasteiger partial charge in [0.25, 0.3) is 0 Å². The van der Waals surface area contributed by atoms with Crippen molar-refractivity contribution in [3.63, 3.8) is 0 Å². The maximum absolute atomic E-state index is 5.42. The lowest BCUT2D eigenvalue weighted by Crippen LogP contribution is -2.09. The van der Waals surface area contributed by atoms with Gasteiger partial charge in [-0.15, -0.1) is 0 Å². The van der Waals surface area contributed by atoms with Crippen LogP contribution < -0.4 is 4.90 Å². The molecular weight excluding hydrogens is 693 g/mol. The molecule has 8 aromatic carbocycles. The van der Waals surface area contributed by atoms with Crippen LogP contribution in [0.5, 0.6) is 0 Å². The SMILES string of the molecule is c1ccc(-c2ccc3ccc4ccc(-c5cccc6ccc7c(-c8ccc(N(c9ccccc9)c9ccccc9)cc8)nc8ccccc8c7c56)nc4c3n2)cc1. The molecule has 0 N–H and O–H groups in total. The zero-order valence-corrected chi connectivity index (χ0v) is 30.9. The van der Waals surface area contributed by atoms with Crippen LogP contribution in [0.3, 0.4) is 0 Å². The molecule has 0 saturated carbocycles. The molecule has 4 heteroatoms. The molecule has 11 rings (SSSR count). The van der Waals surface area contributed by atoms with Crippen molar-refractivity contribution in [2.45, 2.75) is 0 Å². The summed E-state index contributed by atoms with van der Waals surface area (Å²) >= 11 is 0. The van der Waals surface area contributed by atoms with E-state index in [1.807, 2.05) is 6.07 Å². The third-order valence-corrected chi connectivity index (χ3v) is 11.0. The van der Waals surface area contributed by atoms with Crippen molar-refractivity contribution >= 4 is 71.3 Å². The fourth-order valence-corrected chi connectivity index (χ4v) is 8.31. The van der Waals surface area contributed by atoms with Gasteiger partial charge in [0.1, 0.15) is 0 Å². The predicted molar refractivity (Wildman–Crippen MR) is 238 cm³/mol. The third-order valence-electron chi connectivity index (χ3n) is 11.0. The fraction of sp³-hybridized carbons (Fsp3) is 0. The first-order chi connectivity index (χ1) is 28.3. The largest absolute Gasteiger partial charge is 0.311 e. The van der Waals surface area contributed by atoms with Crippen LogP contribution in [0.1, 0.15) is 0 Å². The van der Waals surface area contributed by atoms with Gasteiger partial charge in [-0.05, 0) is 65.4 Å². The molecule has 0 fully saturated rings. The molecule has 0 aliphatic rings. The highest BCUT2D eigenvalue weighted by atomic mass is 15.1. The number of rotatable bonds is 6. The lowest BCUT2D eigenvalue weighted by Gasteiger charge is -2.25. The maximum atomic E-state index is 5.42. The van der Waals surface area contributed by atoms with E-state index in [0.717, 1.165) is 99.7 Å². The van der Waals surface area contributed by atoms with E-state index in [9.17, 15) is 0 Å². The second-order valence-corrected chi connectivity index (χ2v) is 14.4. The van der Waals surface area contributed by atoms with Crippen LogP contribution in [0.2, 0.25) is 0 Å². The quantitative estimate of drug-likeness (QED) is 0.160. The second-order valence-electron chi connectivity index (χ2n) is 14.4. The van der Waals surface area contributed by atoms with Crippen LogP contribution in [0, 0.1) is 0 Å². The monoisotopic (exact) mass is 726 g/mol. The summed E-state index contributed by atoms with van der Waals surface area (Å²) in [5.41, 5.74) is 12.1. The van der Waals surface area contributed by atoms with Crippen LogP contribution in [-0.2, 0) is 0 Å². The van der Waals surface area contributed by atoms with E-state index in [0.29, 0.717) is 0 Å². The Balaban J connectivity index is 1.10. The Kier molecular flexibility index (Phi) is 7.78. The molecule has 0 aliphatic heterocycles. The summed E-state index contributed by atoms with van der Waals surface area (Å²) in [6, 6.07) is 72.5. The Labute approximate surface area is 330 Å². The van der Waals surface area contributed by atoms with E-state index in [1.165, 1.54) is 5.39 Å². The molecule has 266 valence electrons. The first-order valence-electron chi connectivity index (χ1n) is 19.3. The Morgan fingerprint density at radius 3 is 1.58 bits per heavy atom. The van der Waals surface area contributed by atoms with E-state index < -0.39 is 0 Å². The van der Waals surface area contributed by atoms with E-state index in [4.69, 9.17) is 15.0 Å². The number of para-hydroxylation sites is 3. The topological polar surface area (TPSA) is 41.9 Å². The average molecular weight is 727 g/mol. The lowest BCUT2D eigenvalue weighted by atomic mass is 9.91. The summed E-state index contributed by atoms with van der Waals surface area (Å²) in [5, 5.41) is 7.84. The van der Waals surface area contributed by atoms with Crippen LogP contribution >= 0.6 is 0 Å². The van der Waals surface area contributed by atoms with Gasteiger partial charge >= 0.3 is 0 Å². The van der Waals surface area contributed by atoms with E-state index in [2.05, 4.69) is 205 Å². The summed E-state index contributed by atoms with van der Waals surface area (Å²) in [6.45, 7) is 0. The van der Waals surface area contributed by atoms with Crippen LogP contribution in [0.25, 0.3) is 88.0 Å². The van der Waals surface area contributed by atoms with Gasteiger partial charge in [0.15, 0.2) is 0 Å². The highest BCUT2D eigenvalue weighted by Gasteiger charge is 2.18. The van der Waals surface area contributed by atoms with Crippen molar-refractivity contribution in [3.8, 4) is 33.8 Å². The molecule has 0 aliphatic carbocycles. The normalized spacial score (nSPS) is 11.5. The number of fused-ring (bicyclic) bond motifs is 8. The Morgan fingerprint density at radius 2 is 0.877 bits per heavy atom. The summed E-state index contributed by atoms with van der Waals surface area (Å²) in [5.74, 6) is 0. The molecule has 11 aromatic rings. The van der Waals surface area contributed by atoms with Gasteiger partial charge in [-0.25, -0.2) is 15.0 Å². The number of anilines is 3. The van der Waals surface area contributed by atoms with E-state index in [-0.39, 0.29) is 0 Å². The van der Waals surface area contributed by atoms with Gasteiger partial charge in [0, 0.05) is 60.7 Å². The molecule has 3 heterocycles. The van der Waals surface area contributed by atoms with Gasteiger partial charge in [-0.3, -0.25) is 0 Å². The Hall–Kier alpha value is -7.69. The van der Waals surface area contributed by atoms with E-state index in [1.54, 1.807) is 0 Å². The van der Waals surface area contributed by atoms with Crippen molar-refractivity contribution in [1.82, 2.24) is 15.0 Å². The molecule has 0 bridgehead atoms. The van der Waals surface area contributed by atoms with Gasteiger partial charge < -0.3 is 4.90 Å². The second kappa shape index (κ2) is 13.6. The number of aromatic nitrogens is 3. The van der Waals surface area contributed by atoms with Crippen molar-refractivity contribution in [1.29, 1.82) is 0 Å². The van der Waals surface area contributed by atoms with Crippen molar-refractivity contribution < 1.29 is 0 Å². The van der Waals surface area contributed by atoms with Crippen LogP contribution in [0.4, 0.5) is 17.1 Å². The number of hydrogen-bond donors (Lipinski definition) is 0. The number of pyridine rings is 3. The molecule has 57 heavy (non-hydrogen) atoms. The molecule has 0 saturated heterocycles. The number of hydrogen-bond acceptors (Lipinski definition) is 4. The molecule has 0 radical (unpaired) electrons. The third kappa shape index (κ3) is 5.66. The number of benzene rings is 8. The Morgan fingerprint density at radius 1 is 0.316 bits per heavy atom. The van der Waals surface area contributed by atoms with Crippen molar-refractivity contribution in [3.05, 3.63) is 206 Å². The minimum Gasteiger partial charge on any atom is -0.311 e. The van der Waals surface area contributed by atoms with Crippen molar-refractivity contribution in [2.75, 3.05) is 4.90 Å². The zero-order valence-electron chi connectivity index (χ0n) is 30.9. The Bertz CT molecular complexity index is 3230. The fourth-order valence-electron chi connectivity index (χ4n) is 8.31. The van der Waals surface area contributed by atoms with Crippen LogP contribution in [-0.4, -0.2) is 15.0 Å². The van der Waals surface area contributed by atoms with Gasteiger partial charge in [-0.1, -0.05) is 152 Å². The molecule has 0 atom stereocenters. The molecule has 0 spiro atoms. The standard InChI is InChI=1S/C53H34N4/c1-4-13-35(14-5-1)46-33-28-38-23-24-39-29-34-48(56-53(39)52(38)54-46)43-21-12-15-36-27-32-45-50(49(36)43)44-20-10-11-22-47(44)55-51(45)37-25-30-42(31-26-37)57(40-16-6-2-7-17-40)41-18-8-3-9-19-41/h1-34H. The first kappa shape index (κ1) is 32.7. The van der Waals surface area contributed by atoms with Crippen LogP contribution in [0.15, 0.2) is 206 Å². The minimum absolute atomic E-state index is 0.896. The molecule has 4 nitrogen and oxygen atoms in total. The average Bonchev–Trinajstić information content (AvgIpc) is 3.29. The summed E-state index contributed by atoms with van der Waals surface area (Å²) < 4.78 is 0.